The molecule has 1 aromatic rings. The summed E-state index contributed by atoms with van der Waals surface area (Å²) in [4.78, 5) is 1.94. The SMILES string of the molecule is CC1(C)CC(=C(C#N)C#N)CC(/C=C/c2ccc(N(CCO)CCO)cc2)C1. The molecule has 0 bridgehead atoms. The van der Waals surface area contributed by atoms with Crippen LogP contribution in [0.5, 0.6) is 0 Å². The highest BCUT2D eigenvalue weighted by molar-refractivity contribution is 5.56. The van der Waals surface area contributed by atoms with Crippen molar-refractivity contribution < 1.29 is 10.2 Å². The Balaban J connectivity index is 2.13. The van der Waals surface area contributed by atoms with Gasteiger partial charge in [-0.15, -0.1) is 0 Å². The van der Waals surface area contributed by atoms with E-state index in [-0.39, 0.29) is 24.2 Å². The largest absolute Gasteiger partial charge is 0.395 e. The van der Waals surface area contributed by atoms with E-state index in [9.17, 15) is 10.5 Å². The van der Waals surface area contributed by atoms with Gasteiger partial charge in [-0.25, -0.2) is 0 Å². The molecule has 1 aliphatic rings. The van der Waals surface area contributed by atoms with Gasteiger partial charge in [-0.3, -0.25) is 0 Å². The summed E-state index contributed by atoms with van der Waals surface area (Å²) < 4.78 is 0. The van der Waals surface area contributed by atoms with Gasteiger partial charge in [0.1, 0.15) is 17.7 Å². The van der Waals surface area contributed by atoms with E-state index in [0.717, 1.165) is 36.1 Å². The van der Waals surface area contributed by atoms with Crippen LogP contribution in [-0.4, -0.2) is 36.5 Å². The number of allylic oxidation sites excluding steroid dienone is 3. The molecule has 5 heteroatoms. The molecular formula is C23H29N3O2. The molecule has 1 unspecified atom stereocenters. The first-order valence-corrected chi connectivity index (χ1v) is 9.69. The van der Waals surface area contributed by atoms with Crippen LogP contribution in [0.1, 0.15) is 38.7 Å². The molecule has 28 heavy (non-hydrogen) atoms. The smallest absolute Gasteiger partial charge is 0.128 e. The number of hydrogen-bond donors (Lipinski definition) is 2. The van der Waals surface area contributed by atoms with Gasteiger partial charge in [0.05, 0.1) is 13.2 Å². The lowest BCUT2D eigenvalue weighted by atomic mass is 9.69. The number of aliphatic hydroxyl groups excluding tert-OH is 2. The van der Waals surface area contributed by atoms with E-state index >= 15 is 0 Å². The Labute approximate surface area is 167 Å². The van der Waals surface area contributed by atoms with Crippen LogP contribution in [0.2, 0.25) is 0 Å². The lowest BCUT2D eigenvalue weighted by Crippen LogP contribution is -2.29. The molecule has 0 radical (unpaired) electrons. The summed E-state index contributed by atoms with van der Waals surface area (Å²) in [5, 5.41) is 36.7. The molecule has 1 fully saturated rings. The maximum Gasteiger partial charge on any atom is 0.128 e. The molecule has 1 aromatic carbocycles. The Morgan fingerprint density at radius 3 is 2.29 bits per heavy atom. The highest BCUT2D eigenvalue weighted by Crippen LogP contribution is 2.43. The van der Waals surface area contributed by atoms with E-state index in [1.165, 1.54) is 0 Å². The zero-order valence-corrected chi connectivity index (χ0v) is 16.7. The molecule has 0 aliphatic heterocycles. The molecule has 1 aliphatic carbocycles. The summed E-state index contributed by atoms with van der Waals surface area (Å²) in [5.41, 5.74) is 3.35. The summed E-state index contributed by atoms with van der Waals surface area (Å²) in [5.74, 6) is 0.301. The van der Waals surface area contributed by atoms with E-state index in [4.69, 9.17) is 10.2 Å². The van der Waals surface area contributed by atoms with E-state index in [0.29, 0.717) is 19.0 Å². The predicted molar refractivity (Wildman–Crippen MR) is 111 cm³/mol. The maximum absolute atomic E-state index is 9.21. The third-order valence-electron chi connectivity index (χ3n) is 5.15. The third-order valence-corrected chi connectivity index (χ3v) is 5.15. The molecule has 5 nitrogen and oxygen atoms in total. The summed E-state index contributed by atoms with van der Waals surface area (Å²) in [6.07, 6.45) is 6.86. The van der Waals surface area contributed by atoms with E-state index in [1.807, 2.05) is 41.3 Å². The minimum Gasteiger partial charge on any atom is -0.395 e. The number of anilines is 1. The first kappa shape index (κ1) is 21.7. The van der Waals surface area contributed by atoms with Crippen molar-refractivity contribution in [2.75, 3.05) is 31.2 Å². The van der Waals surface area contributed by atoms with E-state index in [2.05, 4.69) is 26.0 Å². The number of hydrogen-bond acceptors (Lipinski definition) is 5. The quantitative estimate of drug-likeness (QED) is 0.706. The van der Waals surface area contributed by atoms with Gasteiger partial charge in [0.15, 0.2) is 0 Å². The normalized spacial score (nSPS) is 18.5. The number of aliphatic hydroxyl groups is 2. The fourth-order valence-electron chi connectivity index (χ4n) is 3.98. The van der Waals surface area contributed by atoms with Crippen LogP contribution in [0.3, 0.4) is 0 Å². The fraction of sp³-hybridized carbons (Fsp3) is 0.478. The summed E-state index contributed by atoms with van der Waals surface area (Å²) in [6, 6.07) is 12.1. The highest BCUT2D eigenvalue weighted by Gasteiger charge is 2.31. The Morgan fingerprint density at radius 2 is 1.75 bits per heavy atom. The average molecular weight is 380 g/mol. The zero-order valence-electron chi connectivity index (χ0n) is 16.7. The van der Waals surface area contributed by atoms with Gasteiger partial charge in [-0.2, -0.15) is 10.5 Å². The minimum atomic E-state index is 0.0440. The molecule has 0 spiro atoms. The lowest BCUT2D eigenvalue weighted by molar-refractivity contribution is 0.250. The molecule has 0 amide bonds. The number of nitriles is 2. The highest BCUT2D eigenvalue weighted by atomic mass is 16.3. The first-order chi connectivity index (χ1) is 13.4. The van der Waals surface area contributed by atoms with Gasteiger partial charge in [0, 0.05) is 18.8 Å². The van der Waals surface area contributed by atoms with Crippen molar-refractivity contribution in [1.82, 2.24) is 0 Å². The standard InChI is InChI=1S/C23H29N3O2/c1-23(2)14-19(13-20(15-23)21(16-24)17-25)4-3-18-5-7-22(8-6-18)26(9-11-27)10-12-28/h3-8,19,27-28H,9-15H2,1-2H3/b4-3+. The second-order valence-corrected chi connectivity index (χ2v) is 8.10. The topological polar surface area (TPSA) is 91.3 Å². The van der Waals surface area contributed by atoms with Crippen molar-refractivity contribution in [3.63, 3.8) is 0 Å². The van der Waals surface area contributed by atoms with Gasteiger partial charge in [0.25, 0.3) is 0 Å². The Kier molecular flexibility index (Phi) is 7.81. The number of benzene rings is 1. The van der Waals surface area contributed by atoms with Crippen LogP contribution in [0.15, 0.2) is 41.5 Å². The van der Waals surface area contributed by atoms with Crippen molar-refractivity contribution >= 4 is 11.8 Å². The molecule has 148 valence electrons. The van der Waals surface area contributed by atoms with Crippen LogP contribution in [-0.2, 0) is 0 Å². The van der Waals surface area contributed by atoms with Crippen LogP contribution >= 0.6 is 0 Å². The van der Waals surface area contributed by atoms with Crippen molar-refractivity contribution in [3.05, 3.63) is 47.1 Å². The molecular weight excluding hydrogens is 350 g/mol. The Morgan fingerprint density at radius 1 is 1.14 bits per heavy atom. The van der Waals surface area contributed by atoms with Crippen LogP contribution in [0.25, 0.3) is 6.08 Å². The molecule has 0 aromatic heterocycles. The maximum atomic E-state index is 9.21. The average Bonchev–Trinajstić information content (AvgIpc) is 2.66. The van der Waals surface area contributed by atoms with Crippen LogP contribution in [0.4, 0.5) is 5.69 Å². The summed E-state index contributed by atoms with van der Waals surface area (Å²) in [6.45, 7) is 5.44. The number of rotatable bonds is 7. The van der Waals surface area contributed by atoms with Crippen LogP contribution in [0, 0.1) is 34.0 Å². The van der Waals surface area contributed by atoms with Crippen molar-refractivity contribution in [2.24, 2.45) is 11.3 Å². The Bertz CT molecular complexity index is 773. The van der Waals surface area contributed by atoms with Crippen LogP contribution < -0.4 is 4.90 Å². The lowest BCUT2D eigenvalue weighted by Gasteiger charge is -2.35. The van der Waals surface area contributed by atoms with Crippen molar-refractivity contribution in [1.29, 1.82) is 10.5 Å². The van der Waals surface area contributed by atoms with Gasteiger partial charge >= 0.3 is 0 Å². The molecule has 1 saturated carbocycles. The third kappa shape index (κ3) is 5.96. The zero-order chi connectivity index (χ0) is 20.6. The van der Waals surface area contributed by atoms with E-state index < -0.39 is 0 Å². The summed E-state index contributed by atoms with van der Waals surface area (Å²) >= 11 is 0. The second kappa shape index (κ2) is 10.1. The van der Waals surface area contributed by atoms with Gasteiger partial charge < -0.3 is 15.1 Å². The first-order valence-electron chi connectivity index (χ1n) is 9.69. The number of nitrogens with zero attached hydrogens (tertiary/aromatic N) is 3. The monoisotopic (exact) mass is 379 g/mol. The van der Waals surface area contributed by atoms with Crippen molar-refractivity contribution in [3.8, 4) is 12.1 Å². The van der Waals surface area contributed by atoms with E-state index in [1.54, 1.807) is 0 Å². The Hall–Kier alpha value is -2.60. The second-order valence-electron chi connectivity index (χ2n) is 8.10. The molecule has 0 heterocycles. The minimum absolute atomic E-state index is 0.0440. The molecule has 2 N–H and O–H groups in total. The van der Waals surface area contributed by atoms with Crippen molar-refractivity contribution in [2.45, 2.75) is 33.1 Å². The molecule has 1 atom stereocenters. The molecule has 2 rings (SSSR count). The fourth-order valence-corrected chi connectivity index (χ4v) is 3.98. The van der Waals surface area contributed by atoms with Gasteiger partial charge in [0.2, 0.25) is 0 Å². The van der Waals surface area contributed by atoms with Gasteiger partial charge in [-0.05, 0) is 53.9 Å². The molecule has 0 saturated heterocycles. The predicted octanol–water partition coefficient (Wildman–Crippen LogP) is 3.66. The van der Waals surface area contributed by atoms with Gasteiger partial charge in [-0.1, -0.05) is 38.1 Å². The summed E-state index contributed by atoms with van der Waals surface area (Å²) in [7, 11) is 0.